The van der Waals surface area contributed by atoms with Gasteiger partial charge >= 0.3 is 0 Å². The fraction of sp³-hybridized carbons (Fsp3) is 0.708. The summed E-state index contributed by atoms with van der Waals surface area (Å²) in [7, 11) is 4.36. The summed E-state index contributed by atoms with van der Waals surface area (Å²) in [5.41, 5.74) is 2.66. The number of guanidine groups is 1. The first-order valence-corrected chi connectivity index (χ1v) is 11.7. The molecule has 2 fully saturated rings. The third-order valence-electron chi connectivity index (χ3n) is 6.35. The number of nitrogens with one attached hydrogen (secondary N) is 1. The van der Waals surface area contributed by atoms with Crippen molar-refractivity contribution in [2.75, 3.05) is 66.6 Å². The molecule has 0 bridgehead atoms. The molecule has 0 saturated carbocycles. The summed E-state index contributed by atoms with van der Waals surface area (Å²) < 4.78 is 5.48. The summed E-state index contributed by atoms with van der Waals surface area (Å²) in [4.78, 5) is 12.1. The Kier molecular flexibility index (Phi) is 9.43. The van der Waals surface area contributed by atoms with Gasteiger partial charge in [0, 0.05) is 66.1 Å². The van der Waals surface area contributed by atoms with E-state index in [1.807, 2.05) is 0 Å². The van der Waals surface area contributed by atoms with Crippen LogP contribution in [0.1, 0.15) is 37.3 Å². The molecule has 1 N–H and O–H groups in total. The molecule has 0 unspecified atom stereocenters. The maximum atomic E-state index is 5.48. The minimum atomic E-state index is 0.721. The van der Waals surface area contributed by atoms with Gasteiger partial charge < -0.3 is 19.9 Å². The highest BCUT2D eigenvalue weighted by atomic mass is 16.5. The van der Waals surface area contributed by atoms with E-state index in [2.05, 4.69) is 65.3 Å². The lowest BCUT2D eigenvalue weighted by Crippen LogP contribution is -2.43. The molecule has 0 radical (unpaired) electrons. The molecule has 1 aromatic rings. The molecule has 3 rings (SSSR count). The second kappa shape index (κ2) is 12.3. The Morgan fingerprint density at radius 2 is 1.77 bits per heavy atom. The quantitative estimate of drug-likeness (QED) is 0.522. The minimum absolute atomic E-state index is 0.721. The van der Waals surface area contributed by atoms with Crippen molar-refractivity contribution < 1.29 is 4.74 Å². The predicted molar refractivity (Wildman–Crippen MR) is 125 cm³/mol. The molecule has 2 heterocycles. The molecule has 0 atom stereocenters. The lowest BCUT2D eigenvalue weighted by atomic mass is 9.96. The number of hydrogen-bond donors (Lipinski definition) is 1. The standard InChI is InChI=1S/C24H41N5O/c1-4-25-24(28(3)12-9-21-10-17-30-18-11-21)26-19-22-5-7-23(8-6-22)20-29-15-13-27(2)14-16-29/h5-8,21H,4,9-20H2,1-3H3,(H,25,26). The Morgan fingerprint density at radius 1 is 1.10 bits per heavy atom. The van der Waals surface area contributed by atoms with Crippen LogP contribution in [0.25, 0.3) is 0 Å². The number of ether oxygens (including phenoxy) is 1. The normalized spacial score (nSPS) is 19.8. The van der Waals surface area contributed by atoms with Gasteiger partial charge in [0.05, 0.1) is 6.54 Å². The Labute approximate surface area is 183 Å². The van der Waals surface area contributed by atoms with Crippen molar-refractivity contribution in [1.82, 2.24) is 20.0 Å². The van der Waals surface area contributed by atoms with Crippen LogP contribution in [-0.4, -0.2) is 87.2 Å². The zero-order chi connectivity index (χ0) is 21.2. The van der Waals surface area contributed by atoms with Crippen LogP contribution in [0.5, 0.6) is 0 Å². The maximum Gasteiger partial charge on any atom is 0.193 e. The number of hydrogen-bond acceptors (Lipinski definition) is 4. The smallest absolute Gasteiger partial charge is 0.193 e. The summed E-state index contributed by atoms with van der Waals surface area (Å²) in [6.07, 6.45) is 3.61. The third-order valence-corrected chi connectivity index (χ3v) is 6.35. The Balaban J connectivity index is 1.48. The van der Waals surface area contributed by atoms with Crippen LogP contribution in [0.15, 0.2) is 29.3 Å². The number of aliphatic imine (C=N–C) groups is 1. The van der Waals surface area contributed by atoms with E-state index in [4.69, 9.17) is 9.73 Å². The topological polar surface area (TPSA) is 43.3 Å². The van der Waals surface area contributed by atoms with Crippen LogP contribution in [0, 0.1) is 5.92 Å². The lowest BCUT2D eigenvalue weighted by molar-refractivity contribution is 0.0625. The average molecular weight is 416 g/mol. The first kappa shape index (κ1) is 23.0. The molecule has 1 aromatic carbocycles. The van der Waals surface area contributed by atoms with Crippen molar-refractivity contribution in [3.8, 4) is 0 Å². The van der Waals surface area contributed by atoms with Gasteiger partial charge in [-0.3, -0.25) is 4.90 Å². The lowest BCUT2D eigenvalue weighted by Gasteiger charge is -2.32. The fourth-order valence-corrected chi connectivity index (χ4v) is 4.17. The molecule has 30 heavy (non-hydrogen) atoms. The number of rotatable bonds is 8. The Bertz CT molecular complexity index is 634. The van der Waals surface area contributed by atoms with Crippen LogP contribution in [0.3, 0.4) is 0 Å². The highest BCUT2D eigenvalue weighted by Gasteiger charge is 2.16. The van der Waals surface area contributed by atoms with Gasteiger partial charge in [-0.2, -0.15) is 0 Å². The van der Waals surface area contributed by atoms with Gasteiger partial charge in [0.2, 0.25) is 0 Å². The monoisotopic (exact) mass is 415 g/mol. The molecular formula is C24H41N5O. The van der Waals surface area contributed by atoms with Gasteiger partial charge in [-0.15, -0.1) is 0 Å². The number of benzene rings is 1. The van der Waals surface area contributed by atoms with Crippen LogP contribution < -0.4 is 5.32 Å². The first-order valence-electron chi connectivity index (χ1n) is 11.7. The highest BCUT2D eigenvalue weighted by molar-refractivity contribution is 5.79. The van der Waals surface area contributed by atoms with Crippen LogP contribution in [0.4, 0.5) is 0 Å². The van der Waals surface area contributed by atoms with Gasteiger partial charge in [-0.25, -0.2) is 4.99 Å². The van der Waals surface area contributed by atoms with Gasteiger partial charge in [-0.1, -0.05) is 24.3 Å². The summed E-state index contributed by atoms with van der Waals surface area (Å²) in [5.74, 6) is 1.79. The summed E-state index contributed by atoms with van der Waals surface area (Å²) in [6.45, 7) is 12.3. The number of piperazine rings is 1. The zero-order valence-electron chi connectivity index (χ0n) is 19.3. The fourth-order valence-electron chi connectivity index (χ4n) is 4.17. The highest BCUT2D eigenvalue weighted by Crippen LogP contribution is 2.18. The molecule has 0 amide bonds. The molecular weight excluding hydrogens is 374 g/mol. The number of likely N-dealkylation sites (N-methyl/N-ethyl adjacent to an activating group) is 1. The van der Waals surface area contributed by atoms with Gasteiger partial charge in [-0.05, 0) is 50.3 Å². The molecule has 6 nitrogen and oxygen atoms in total. The molecule has 2 aliphatic heterocycles. The van der Waals surface area contributed by atoms with E-state index in [9.17, 15) is 0 Å². The van der Waals surface area contributed by atoms with Crippen LogP contribution in [0.2, 0.25) is 0 Å². The maximum absolute atomic E-state index is 5.48. The van der Waals surface area contributed by atoms with E-state index in [1.165, 1.54) is 43.5 Å². The van der Waals surface area contributed by atoms with Crippen molar-refractivity contribution >= 4 is 5.96 Å². The van der Waals surface area contributed by atoms with E-state index < -0.39 is 0 Å². The Morgan fingerprint density at radius 3 is 2.43 bits per heavy atom. The molecule has 2 aliphatic rings. The van der Waals surface area contributed by atoms with Gasteiger partial charge in [0.25, 0.3) is 0 Å². The van der Waals surface area contributed by atoms with Crippen LogP contribution in [-0.2, 0) is 17.8 Å². The molecule has 168 valence electrons. The Hall–Kier alpha value is -1.63. The SMILES string of the molecule is CCNC(=NCc1ccc(CN2CCN(C)CC2)cc1)N(C)CCC1CCOCC1. The van der Waals surface area contributed by atoms with Gasteiger partial charge in [0.1, 0.15) is 0 Å². The summed E-state index contributed by atoms with van der Waals surface area (Å²) >= 11 is 0. The van der Waals surface area contributed by atoms with E-state index >= 15 is 0 Å². The zero-order valence-corrected chi connectivity index (χ0v) is 19.3. The molecule has 0 aliphatic carbocycles. The molecule has 2 saturated heterocycles. The average Bonchev–Trinajstić information content (AvgIpc) is 2.78. The predicted octanol–water partition coefficient (Wildman–Crippen LogP) is 2.65. The summed E-state index contributed by atoms with van der Waals surface area (Å²) in [6, 6.07) is 9.01. The third kappa shape index (κ3) is 7.56. The number of nitrogens with zero attached hydrogens (tertiary/aromatic N) is 4. The molecule has 0 spiro atoms. The van der Waals surface area contributed by atoms with Gasteiger partial charge in [0.15, 0.2) is 5.96 Å². The second-order valence-corrected chi connectivity index (χ2v) is 8.83. The van der Waals surface area contributed by atoms with E-state index in [-0.39, 0.29) is 0 Å². The second-order valence-electron chi connectivity index (χ2n) is 8.83. The minimum Gasteiger partial charge on any atom is -0.381 e. The van der Waals surface area contributed by atoms with E-state index in [1.54, 1.807) is 0 Å². The summed E-state index contributed by atoms with van der Waals surface area (Å²) in [5, 5.41) is 3.45. The van der Waals surface area contributed by atoms with Crippen LogP contribution >= 0.6 is 0 Å². The first-order chi connectivity index (χ1) is 14.6. The van der Waals surface area contributed by atoms with Crippen molar-refractivity contribution in [1.29, 1.82) is 0 Å². The van der Waals surface area contributed by atoms with Crippen molar-refractivity contribution in [2.45, 2.75) is 39.3 Å². The van der Waals surface area contributed by atoms with E-state index in [0.29, 0.717) is 0 Å². The molecule has 6 heteroatoms. The van der Waals surface area contributed by atoms with Crippen molar-refractivity contribution in [2.24, 2.45) is 10.9 Å². The van der Waals surface area contributed by atoms with Crippen molar-refractivity contribution in [3.63, 3.8) is 0 Å². The van der Waals surface area contributed by atoms with Crippen molar-refractivity contribution in [3.05, 3.63) is 35.4 Å². The largest absolute Gasteiger partial charge is 0.381 e. The molecule has 0 aromatic heterocycles. The van der Waals surface area contributed by atoms with E-state index in [0.717, 1.165) is 64.4 Å².